The molecule has 2 rings (SSSR count). The second kappa shape index (κ2) is 5.01. The maximum atomic E-state index is 10.6. The Labute approximate surface area is 103 Å². The first-order valence-corrected chi connectivity index (χ1v) is 5.65. The van der Waals surface area contributed by atoms with Gasteiger partial charge in [-0.2, -0.15) is 0 Å². The van der Waals surface area contributed by atoms with E-state index >= 15 is 0 Å². The average molecular weight is 250 g/mol. The van der Waals surface area contributed by atoms with Crippen LogP contribution in [0.4, 0.5) is 11.6 Å². The van der Waals surface area contributed by atoms with Crippen LogP contribution in [0.1, 0.15) is 13.3 Å². The second-order valence-electron chi connectivity index (χ2n) is 3.98. The van der Waals surface area contributed by atoms with Crippen LogP contribution in [0.5, 0.6) is 0 Å². The quantitative estimate of drug-likeness (QED) is 0.553. The molecule has 0 saturated carbocycles. The molecule has 2 aromatic rings. The van der Waals surface area contributed by atoms with E-state index in [0.717, 1.165) is 6.42 Å². The van der Waals surface area contributed by atoms with Crippen LogP contribution in [0.15, 0.2) is 18.2 Å². The zero-order valence-electron chi connectivity index (χ0n) is 9.88. The molecule has 1 aromatic heterocycles. The number of non-ortho nitro benzene ring substituents is 1. The number of aliphatic hydroxyl groups is 1. The Morgan fingerprint density at radius 2 is 2.39 bits per heavy atom. The summed E-state index contributed by atoms with van der Waals surface area (Å²) < 4.78 is 0. The van der Waals surface area contributed by atoms with Crippen molar-refractivity contribution in [3.63, 3.8) is 0 Å². The number of benzene rings is 1. The molecule has 1 aromatic carbocycles. The Hall–Kier alpha value is -2.15. The molecule has 0 amide bonds. The SMILES string of the molecule is CCC(CO)Nc1nc2ccc([N+](=O)[O-])cc2[nH]1. The van der Waals surface area contributed by atoms with E-state index in [1.807, 2.05) is 6.92 Å². The second-order valence-corrected chi connectivity index (χ2v) is 3.98. The lowest BCUT2D eigenvalue weighted by Gasteiger charge is -2.12. The standard InChI is InChI=1S/C11H14N4O3/c1-2-7(6-16)12-11-13-9-4-3-8(15(17)18)5-10(9)14-11/h3-5,7,16H,2,6H2,1H3,(H2,12,13,14). The number of aliphatic hydroxyl groups excluding tert-OH is 1. The lowest BCUT2D eigenvalue weighted by molar-refractivity contribution is -0.384. The molecule has 0 aliphatic heterocycles. The highest BCUT2D eigenvalue weighted by Crippen LogP contribution is 2.20. The summed E-state index contributed by atoms with van der Waals surface area (Å²) in [5.41, 5.74) is 1.27. The topological polar surface area (TPSA) is 104 Å². The lowest BCUT2D eigenvalue weighted by atomic mass is 10.2. The third-order valence-corrected chi connectivity index (χ3v) is 2.73. The van der Waals surface area contributed by atoms with Crippen molar-refractivity contribution < 1.29 is 10.0 Å². The molecule has 0 radical (unpaired) electrons. The molecule has 0 aliphatic carbocycles. The minimum atomic E-state index is -0.448. The highest BCUT2D eigenvalue weighted by atomic mass is 16.6. The molecule has 96 valence electrons. The third-order valence-electron chi connectivity index (χ3n) is 2.73. The Morgan fingerprint density at radius 1 is 1.61 bits per heavy atom. The van der Waals surface area contributed by atoms with Crippen LogP contribution in [-0.2, 0) is 0 Å². The Bertz CT molecular complexity index is 562. The number of fused-ring (bicyclic) bond motifs is 1. The van der Waals surface area contributed by atoms with Crippen molar-refractivity contribution in [1.82, 2.24) is 9.97 Å². The lowest BCUT2D eigenvalue weighted by Crippen LogP contribution is -2.23. The molecule has 1 atom stereocenters. The summed E-state index contributed by atoms with van der Waals surface area (Å²) in [5, 5.41) is 22.8. The van der Waals surface area contributed by atoms with Crippen molar-refractivity contribution in [2.45, 2.75) is 19.4 Å². The molecule has 0 bridgehead atoms. The zero-order chi connectivity index (χ0) is 13.1. The minimum Gasteiger partial charge on any atom is -0.394 e. The van der Waals surface area contributed by atoms with Gasteiger partial charge in [0.1, 0.15) is 0 Å². The highest BCUT2D eigenvalue weighted by Gasteiger charge is 2.11. The molecule has 7 nitrogen and oxygen atoms in total. The molecule has 3 N–H and O–H groups in total. The number of anilines is 1. The summed E-state index contributed by atoms with van der Waals surface area (Å²) in [5.74, 6) is 0.506. The van der Waals surface area contributed by atoms with Gasteiger partial charge in [-0.3, -0.25) is 10.1 Å². The van der Waals surface area contributed by atoms with Crippen LogP contribution in [-0.4, -0.2) is 32.6 Å². The van der Waals surface area contributed by atoms with E-state index in [-0.39, 0.29) is 18.3 Å². The normalized spacial score (nSPS) is 12.6. The maximum absolute atomic E-state index is 10.6. The fourth-order valence-electron chi connectivity index (χ4n) is 1.65. The number of H-pyrrole nitrogens is 1. The minimum absolute atomic E-state index is 0.00763. The van der Waals surface area contributed by atoms with Crippen LogP contribution in [0.25, 0.3) is 11.0 Å². The first kappa shape index (κ1) is 12.3. The van der Waals surface area contributed by atoms with E-state index in [1.165, 1.54) is 12.1 Å². The molecule has 1 unspecified atom stereocenters. The van der Waals surface area contributed by atoms with Gasteiger partial charge in [-0.25, -0.2) is 4.98 Å². The summed E-state index contributed by atoms with van der Waals surface area (Å²) in [7, 11) is 0. The number of hydrogen-bond acceptors (Lipinski definition) is 5. The number of hydrogen-bond donors (Lipinski definition) is 3. The van der Waals surface area contributed by atoms with E-state index in [1.54, 1.807) is 6.07 Å². The molecular formula is C11H14N4O3. The predicted molar refractivity (Wildman–Crippen MR) is 67.5 cm³/mol. The average Bonchev–Trinajstić information content (AvgIpc) is 2.76. The van der Waals surface area contributed by atoms with Gasteiger partial charge in [-0.15, -0.1) is 0 Å². The van der Waals surface area contributed by atoms with Gasteiger partial charge in [0.05, 0.1) is 28.6 Å². The van der Waals surface area contributed by atoms with E-state index in [2.05, 4.69) is 15.3 Å². The molecule has 7 heteroatoms. The number of nitro groups is 1. The van der Waals surface area contributed by atoms with Crippen LogP contribution in [0, 0.1) is 10.1 Å². The maximum Gasteiger partial charge on any atom is 0.271 e. The van der Waals surface area contributed by atoms with Crippen LogP contribution in [0.2, 0.25) is 0 Å². The number of nitro benzene ring substituents is 1. The molecule has 18 heavy (non-hydrogen) atoms. The third kappa shape index (κ3) is 2.40. The van der Waals surface area contributed by atoms with Gasteiger partial charge in [0.2, 0.25) is 5.95 Å². The molecule has 0 aliphatic rings. The molecular weight excluding hydrogens is 236 g/mol. The Morgan fingerprint density at radius 3 is 3.00 bits per heavy atom. The summed E-state index contributed by atoms with van der Waals surface area (Å²) in [6.07, 6.45) is 0.758. The monoisotopic (exact) mass is 250 g/mol. The van der Waals surface area contributed by atoms with Crippen LogP contribution >= 0.6 is 0 Å². The largest absolute Gasteiger partial charge is 0.394 e. The van der Waals surface area contributed by atoms with Crippen molar-refractivity contribution in [3.05, 3.63) is 28.3 Å². The van der Waals surface area contributed by atoms with Crippen molar-refractivity contribution in [3.8, 4) is 0 Å². The fourth-order valence-corrected chi connectivity index (χ4v) is 1.65. The predicted octanol–water partition coefficient (Wildman–Crippen LogP) is 1.65. The van der Waals surface area contributed by atoms with Gasteiger partial charge in [0.25, 0.3) is 5.69 Å². The van der Waals surface area contributed by atoms with E-state index in [4.69, 9.17) is 5.11 Å². The molecule has 0 fully saturated rings. The number of rotatable bonds is 5. The van der Waals surface area contributed by atoms with Crippen molar-refractivity contribution in [2.24, 2.45) is 0 Å². The first-order valence-electron chi connectivity index (χ1n) is 5.65. The van der Waals surface area contributed by atoms with Crippen LogP contribution in [0.3, 0.4) is 0 Å². The van der Waals surface area contributed by atoms with Gasteiger partial charge in [-0.05, 0) is 12.5 Å². The smallest absolute Gasteiger partial charge is 0.271 e. The number of imidazole rings is 1. The van der Waals surface area contributed by atoms with Crippen molar-refractivity contribution >= 4 is 22.7 Å². The number of nitrogens with zero attached hydrogens (tertiary/aromatic N) is 2. The summed E-state index contributed by atoms with van der Waals surface area (Å²) >= 11 is 0. The molecule has 0 spiro atoms. The number of aromatic amines is 1. The summed E-state index contributed by atoms with van der Waals surface area (Å²) in [6, 6.07) is 4.36. The Kier molecular flexibility index (Phi) is 3.42. The Balaban J connectivity index is 2.29. The van der Waals surface area contributed by atoms with Gasteiger partial charge in [0, 0.05) is 12.1 Å². The first-order chi connectivity index (χ1) is 8.63. The van der Waals surface area contributed by atoms with E-state index in [9.17, 15) is 10.1 Å². The highest BCUT2D eigenvalue weighted by molar-refractivity contribution is 5.79. The van der Waals surface area contributed by atoms with Crippen molar-refractivity contribution in [2.75, 3.05) is 11.9 Å². The summed E-state index contributed by atoms with van der Waals surface area (Å²) in [6.45, 7) is 1.95. The molecule has 0 saturated heterocycles. The van der Waals surface area contributed by atoms with Crippen molar-refractivity contribution in [1.29, 1.82) is 0 Å². The van der Waals surface area contributed by atoms with Gasteiger partial charge >= 0.3 is 0 Å². The van der Waals surface area contributed by atoms with Gasteiger partial charge in [-0.1, -0.05) is 6.92 Å². The fraction of sp³-hybridized carbons (Fsp3) is 0.364. The van der Waals surface area contributed by atoms with E-state index in [0.29, 0.717) is 17.0 Å². The number of nitrogens with one attached hydrogen (secondary N) is 2. The molecule has 1 heterocycles. The van der Waals surface area contributed by atoms with Gasteiger partial charge in [0.15, 0.2) is 0 Å². The zero-order valence-corrected chi connectivity index (χ0v) is 9.88. The van der Waals surface area contributed by atoms with Gasteiger partial charge < -0.3 is 15.4 Å². The summed E-state index contributed by atoms with van der Waals surface area (Å²) in [4.78, 5) is 17.4. The van der Waals surface area contributed by atoms with E-state index < -0.39 is 4.92 Å². The number of aromatic nitrogens is 2. The van der Waals surface area contributed by atoms with Crippen LogP contribution < -0.4 is 5.32 Å².